The van der Waals surface area contributed by atoms with Gasteiger partial charge in [-0.2, -0.15) is 0 Å². The zero-order valence-corrected chi connectivity index (χ0v) is 20.6. The number of ether oxygens (including phenoxy) is 1. The van der Waals surface area contributed by atoms with E-state index in [1.54, 1.807) is 35.2 Å². The third kappa shape index (κ3) is 4.52. The number of aliphatic hydroxyl groups excluding tert-OH is 1. The maximum absolute atomic E-state index is 13.4. The highest BCUT2D eigenvalue weighted by atomic mass is 35.5. The molecule has 1 amide bonds. The highest BCUT2D eigenvalue weighted by Crippen LogP contribution is 2.43. The average molecular weight is 507 g/mol. The average Bonchev–Trinajstić information content (AvgIpc) is 3.52. The second-order valence-electron chi connectivity index (χ2n) is 9.06. The smallest absolute Gasteiger partial charge is 0.296 e. The van der Waals surface area contributed by atoms with E-state index in [4.69, 9.17) is 20.8 Å². The Morgan fingerprint density at radius 2 is 1.83 bits per heavy atom. The van der Waals surface area contributed by atoms with Crippen molar-refractivity contribution in [3.8, 4) is 5.75 Å². The second-order valence-corrected chi connectivity index (χ2v) is 9.47. The third-order valence-corrected chi connectivity index (χ3v) is 7.25. The normalized spacial score (nSPS) is 20.7. The minimum atomic E-state index is -0.840. The van der Waals surface area contributed by atoms with Gasteiger partial charge in [0.05, 0.1) is 24.0 Å². The van der Waals surface area contributed by atoms with Crippen molar-refractivity contribution < 1.29 is 23.8 Å². The van der Waals surface area contributed by atoms with Crippen molar-refractivity contribution in [1.29, 1.82) is 0 Å². The summed E-state index contributed by atoms with van der Waals surface area (Å²) in [5.41, 5.74) is 1.43. The number of Topliss-reactive ketones (excluding diaryl/α,β-unsaturated/α-hetero) is 1. The number of benzene rings is 2. The lowest BCUT2D eigenvalue weighted by Gasteiger charge is -2.38. The van der Waals surface area contributed by atoms with Crippen LogP contribution in [0.5, 0.6) is 5.75 Å². The van der Waals surface area contributed by atoms with Gasteiger partial charge in [0.1, 0.15) is 23.3 Å². The lowest BCUT2D eigenvalue weighted by molar-refractivity contribution is -0.142. The molecule has 7 nitrogen and oxygen atoms in total. The first kappa shape index (κ1) is 24.2. The monoisotopic (exact) mass is 506 g/mol. The number of nitrogens with zero attached hydrogens (tertiary/aromatic N) is 2. The first-order valence-electron chi connectivity index (χ1n) is 11.9. The van der Waals surface area contributed by atoms with Crippen molar-refractivity contribution in [3.63, 3.8) is 0 Å². The highest BCUT2D eigenvalue weighted by Gasteiger charge is 2.50. The van der Waals surface area contributed by atoms with Gasteiger partial charge in [-0.05, 0) is 48.7 Å². The van der Waals surface area contributed by atoms with Crippen LogP contribution < -0.4 is 4.74 Å². The van der Waals surface area contributed by atoms with Crippen LogP contribution >= 0.6 is 11.6 Å². The van der Waals surface area contributed by atoms with E-state index < -0.39 is 17.7 Å². The minimum absolute atomic E-state index is 0.0307. The number of hydrogen-bond donors (Lipinski definition) is 1. The Kier molecular flexibility index (Phi) is 6.85. The molecule has 0 spiro atoms. The third-order valence-electron chi connectivity index (χ3n) is 6.92. The maximum atomic E-state index is 13.4. The van der Waals surface area contributed by atoms with E-state index in [2.05, 4.69) is 17.0 Å². The number of amides is 1. The van der Waals surface area contributed by atoms with Crippen LogP contribution in [0.1, 0.15) is 35.8 Å². The number of carbonyl (C=O) groups excluding carboxylic acids is 2. The van der Waals surface area contributed by atoms with Crippen LogP contribution in [0.25, 0.3) is 5.76 Å². The molecular formula is C28H27ClN2O5. The van der Waals surface area contributed by atoms with Crippen molar-refractivity contribution in [2.75, 3.05) is 20.2 Å². The van der Waals surface area contributed by atoms with Crippen molar-refractivity contribution in [1.82, 2.24) is 9.80 Å². The van der Waals surface area contributed by atoms with Crippen molar-refractivity contribution in [2.24, 2.45) is 0 Å². The zero-order valence-electron chi connectivity index (χ0n) is 19.9. The first-order valence-corrected chi connectivity index (χ1v) is 12.3. The van der Waals surface area contributed by atoms with Gasteiger partial charge in [-0.3, -0.25) is 14.5 Å². The highest BCUT2D eigenvalue weighted by molar-refractivity contribution is 6.47. The molecular weight excluding hydrogens is 480 g/mol. The Bertz CT molecular complexity index is 1280. The van der Waals surface area contributed by atoms with E-state index in [0.717, 1.165) is 19.6 Å². The Labute approximate surface area is 214 Å². The first-order chi connectivity index (χ1) is 17.5. The number of halogens is 1. The number of piperidine rings is 1. The Hall–Kier alpha value is -3.55. The molecule has 0 aliphatic carbocycles. The second kappa shape index (κ2) is 10.2. The molecule has 1 aromatic heterocycles. The number of carbonyl (C=O) groups is 2. The molecule has 2 aliphatic heterocycles. The lowest BCUT2D eigenvalue weighted by Crippen LogP contribution is -2.46. The predicted octanol–water partition coefficient (Wildman–Crippen LogP) is 5.03. The molecule has 2 aromatic carbocycles. The molecule has 1 unspecified atom stereocenters. The van der Waals surface area contributed by atoms with Crippen LogP contribution in [0, 0.1) is 0 Å². The van der Waals surface area contributed by atoms with Crippen molar-refractivity contribution in [2.45, 2.75) is 31.5 Å². The van der Waals surface area contributed by atoms with Crippen molar-refractivity contribution in [3.05, 3.63) is 94.4 Å². The van der Waals surface area contributed by atoms with Crippen LogP contribution in [0.15, 0.2) is 76.9 Å². The molecule has 2 fully saturated rings. The summed E-state index contributed by atoms with van der Waals surface area (Å²) in [5.74, 6) is -0.849. The van der Waals surface area contributed by atoms with Gasteiger partial charge in [0, 0.05) is 31.2 Å². The molecule has 0 radical (unpaired) electrons. The predicted molar refractivity (Wildman–Crippen MR) is 136 cm³/mol. The molecule has 8 heteroatoms. The number of likely N-dealkylation sites (tertiary alicyclic amines) is 2. The van der Waals surface area contributed by atoms with Crippen LogP contribution in [0.2, 0.25) is 5.02 Å². The van der Waals surface area contributed by atoms with Gasteiger partial charge in [0.15, 0.2) is 0 Å². The van der Waals surface area contributed by atoms with Gasteiger partial charge >= 0.3 is 0 Å². The van der Waals surface area contributed by atoms with Gasteiger partial charge in [-0.15, -0.1) is 0 Å². The lowest BCUT2D eigenvalue weighted by atomic mass is 9.97. The molecule has 1 N–H and O–H groups in total. The van der Waals surface area contributed by atoms with Gasteiger partial charge in [-0.25, -0.2) is 0 Å². The number of rotatable bonds is 6. The van der Waals surface area contributed by atoms with Crippen molar-refractivity contribution >= 4 is 29.1 Å². The van der Waals surface area contributed by atoms with E-state index in [0.29, 0.717) is 24.4 Å². The molecule has 3 heterocycles. The van der Waals surface area contributed by atoms with Gasteiger partial charge in [0.2, 0.25) is 0 Å². The number of ketones is 1. The summed E-state index contributed by atoms with van der Waals surface area (Å²) >= 11 is 6.36. The summed E-state index contributed by atoms with van der Waals surface area (Å²) in [5, 5.41) is 11.5. The molecule has 186 valence electrons. The fourth-order valence-electron chi connectivity index (χ4n) is 5.11. The number of hydrogen-bond acceptors (Lipinski definition) is 6. The minimum Gasteiger partial charge on any atom is -0.507 e. The van der Waals surface area contributed by atoms with Gasteiger partial charge < -0.3 is 19.2 Å². The fraction of sp³-hybridized carbons (Fsp3) is 0.286. The summed E-state index contributed by atoms with van der Waals surface area (Å²) in [4.78, 5) is 30.6. The van der Waals surface area contributed by atoms with E-state index in [9.17, 15) is 14.7 Å². The Morgan fingerprint density at radius 3 is 2.50 bits per heavy atom. The molecule has 0 saturated carbocycles. The summed E-state index contributed by atoms with van der Waals surface area (Å²) in [6.45, 7) is 2.41. The van der Waals surface area contributed by atoms with Crippen LogP contribution in [-0.2, 0) is 16.1 Å². The van der Waals surface area contributed by atoms with Crippen LogP contribution in [0.3, 0.4) is 0 Å². The maximum Gasteiger partial charge on any atom is 0.296 e. The zero-order chi connectivity index (χ0) is 25.2. The molecule has 36 heavy (non-hydrogen) atoms. The molecule has 0 bridgehead atoms. The number of furan rings is 1. The molecule has 2 saturated heterocycles. The Morgan fingerprint density at radius 1 is 1.08 bits per heavy atom. The quantitative estimate of drug-likeness (QED) is 0.287. The summed E-state index contributed by atoms with van der Waals surface area (Å²) in [6.07, 6.45) is 2.91. The SMILES string of the molecule is COc1ccc(Cl)c(/C(O)=C2/C(=O)C(=O)N(C3CCN(Cc4ccccc4)CC3)C2c2ccco2)c1. The fourth-order valence-corrected chi connectivity index (χ4v) is 5.32. The van der Waals surface area contributed by atoms with E-state index in [-0.39, 0.29) is 28.0 Å². The van der Waals surface area contributed by atoms with Gasteiger partial charge in [-0.1, -0.05) is 41.9 Å². The number of methoxy groups -OCH3 is 1. The van der Waals surface area contributed by atoms with E-state index >= 15 is 0 Å². The van der Waals surface area contributed by atoms with Gasteiger partial charge in [0.25, 0.3) is 11.7 Å². The summed E-state index contributed by atoms with van der Waals surface area (Å²) < 4.78 is 10.9. The van der Waals surface area contributed by atoms with E-state index in [1.807, 2.05) is 18.2 Å². The standard InChI is InChI=1S/C28H27ClN2O5/c1-35-20-9-10-22(29)21(16-20)26(32)24-25(23-8-5-15-36-23)31(28(34)27(24)33)19-11-13-30(14-12-19)17-18-6-3-2-4-7-18/h2-10,15-16,19,25,32H,11-14,17H2,1H3/b26-24-. The molecule has 5 rings (SSSR count). The molecule has 3 aromatic rings. The van der Waals surface area contributed by atoms with Crippen LogP contribution in [-0.4, -0.2) is 52.8 Å². The largest absolute Gasteiger partial charge is 0.507 e. The topological polar surface area (TPSA) is 83.2 Å². The Balaban J connectivity index is 1.46. The number of aliphatic hydroxyl groups is 1. The molecule has 2 aliphatic rings. The summed E-state index contributed by atoms with van der Waals surface area (Å²) in [7, 11) is 1.50. The molecule has 1 atom stereocenters. The van der Waals surface area contributed by atoms with Crippen LogP contribution in [0.4, 0.5) is 0 Å². The summed E-state index contributed by atoms with van der Waals surface area (Å²) in [6, 6.07) is 17.5. The van der Waals surface area contributed by atoms with E-state index in [1.165, 1.54) is 18.9 Å².